The van der Waals surface area contributed by atoms with Gasteiger partial charge < -0.3 is 4.42 Å². The lowest BCUT2D eigenvalue weighted by atomic mass is 10.1. The number of aryl methyl sites for hydroxylation is 1. The molecular formula is C16H11N3O2S. The molecule has 1 aromatic carbocycles. The Morgan fingerprint density at radius 3 is 2.73 bits per heavy atom. The van der Waals surface area contributed by atoms with Gasteiger partial charge in [0.05, 0.1) is 10.8 Å². The fourth-order valence-electron chi connectivity index (χ4n) is 2.16. The SMILES string of the molecule is Cc1ccc(C=c2sc3nc(-c4ccco4)nn3c2=O)cc1. The third-order valence-corrected chi connectivity index (χ3v) is 4.26. The van der Waals surface area contributed by atoms with Gasteiger partial charge in [-0.2, -0.15) is 9.50 Å². The predicted molar refractivity (Wildman–Crippen MR) is 84.8 cm³/mol. The van der Waals surface area contributed by atoms with E-state index in [9.17, 15) is 4.79 Å². The molecule has 0 amide bonds. The van der Waals surface area contributed by atoms with Crippen molar-refractivity contribution in [1.82, 2.24) is 14.6 Å². The number of thiazole rings is 1. The van der Waals surface area contributed by atoms with Gasteiger partial charge in [-0.15, -0.1) is 5.10 Å². The minimum atomic E-state index is -0.161. The van der Waals surface area contributed by atoms with E-state index in [0.717, 1.165) is 5.56 Å². The van der Waals surface area contributed by atoms with E-state index in [1.807, 2.05) is 37.3 Å². The summed E-state index contributed by atoms with van der Waals surface area (Å²) < 4.78 is 7.19. The molecule has 0 unspecified atom stereocenters. The second-order valence-corrected chi connectivity index (χ2v) is 5.94. The Balaban J connectivity index is 1.84. The number of furan rings is 1. The van der Waals surface area contributed by atoms with Gasteiger partial charge in [0.15, 0.2) is 5.76 Å². The summed E-state index contributed by atoms with van der Waals surface area (Å²) >= 11 is 1.32. The minimum Gasteiger partial charge on any atom is -0.461 e. The van der Waals surface area contributed by atoms with Crippen LogP contribution in [0.25, 0.3) is 22.6 Å². The Labute approximate surface area is 129 Å². The van der Waals surface area contributed by atoms with Crippen LogP contribution in [0.1, 0.15) is 11.1 Å². The number of aromatic nitrogens is 3. The van der Waals surface area contributed by atoms with E-state index in [2.05, 4.69) is 10.1 Å². The summed E-state index contributed by atoms with van der Waals surface area (Å²) in [5, 5.41) is 4.22. The molecule has 0 spiro atoms. The molecule has 0 radical (unpaired) electrons. The highest BCUT2D eigenvalue weighted by Gasteiger charge is 2.13. The van der Waals surface area contributed by atoms with Crippen molar-refractivity contribution in [2.45, 2.75) is 6.92 Å². The van der Waals surface area contributed by atoms with Gasteiger partial charge in [-0.1, -0.05) is 41.2 Å². The van der Waals surface area contributed by atoms with Crippen molar-refractivity contribution in [2.75, 3.05) is 0 Å². The molecule has 0 atom stereocenters. The van der Waals surface area contributed by atoms with Crippen molar-refractivity contribution >= 4 is 22.4 Å². The first-order chi connectivity index (χ1) is 10.7. The lowest BCUT2D eigenvalue weighted by Crippen LogP contribution is -2.23. The van der Waals surface area contributed by atoms with Crippen LogP contribution in [0.2, 0.25) is 0 Å². The number of fused-ring (bicyclic) bond motifs is 1. The summed E-state index contributed by atoms with van der Waals surface area (Å²) in [5.74, 6) is 0.981. The minimum absolute atomic E-state index is 0.161. The molecule has 3 heterocycles. The zero-order valence-electron chi connectivity index (χ0n) is 11.7. The zero-order valence-corrected chi connectivity index (χ0v) is 12.5. The van der Waals surface area contributed by atoms with Crippen LogP contribution in [-0.2, 0) is 0 Å². The van der Waals surface area contributed by atoms with Crippen LogP contribution in [0, 0.1) is 6.92 Å². The molecule has 4 aromatic rings. The van der Waals surface area contributed by atoms with Crippen molar-refractivity contribution in [2.24, 2.45) is 0 Å². The van der Waals surface area contributed by atoms with E-state index in [1.54, 1.807) is 18.4 Å². The molecule has 108 valence electrons. The molecule has 0 bridgehead atoms. The quantitative estimate of drug-likeness (QED) is 0.570. The number of benzene rings is 1. The normalized spacial score (nSPS) is 12.3. The molecular weight excluding hydrogens is 298 g/mol. The van der Waals surface area contributed by atoms with Gasteiger partial charge in [0.2, 0.25) is 10.8 Å². The third kappa shape index (κ3) is 2.14. The lowest BCUT2D eigenvalue weighted by molar-refractivity contribution is 0.577. The van der Waals surface area contributed by atoms with Crippen LogP contribution >= 0.6 is 11.3 Å². The average molecular weight is 309 g/mol. The molecule has 0 fully saturated rings. The van der Waals surface area contributed by atoms with E-state index >= 15 is 0 Å². The summed E-state index contributed by atoms with van der Waals surface area (Å²) in [7, 11) is 0. The second kappa shape index (κ2) is 4.92. The van der Waals surface area contributed by atoms with E-state index in [-0.39, 0.29) is 5.56 Å². The highest BCUT2D eigenvalue weighted by molar-refractivity contribution is 7.15. The van der Waals surface area contributed by atoms with Gasteiger partial charge in [0, 0.05) is 0 Å². The van der Waals surface area contributed by atoms with Crippen LogP contribution in [-0.4, -0.2) is 14.6 Å². The summed E-state index contributed by atoms with van der Waals surface area (Å²) in [6, 6.07) is 11.5. The Morgan fingerprint density at radius 1 is 1.23 bits per heavy atom. The van der Waals surface area contributed by atoms with Gasteiger partial charge in [-0.05, 0) is 30.7 Å². The molecule has 6 heteroatoms. The molecule has 0 saturated carbocycles. The van der Waals surface area contributed by atoms with Gasteiger partial charge in [0.1, 0.15) is 0 Å². The van der Waals surface area contributed by atoms with Crippen LogP contribution in [0.3, 0.4) is 0 Å². The maximum absolute atomic E-state index is 12.4. The number of hydrogen-bond donors (Lipinski definition) is 0. The Hall–Kier alpha value is -2.73. The average Bonchev–Trinajstić information content (AvgIpc) is 3.20. The van der Waals surface area contributed by atoms with Crippen LogP contribution in [0.4, 0.5) is 0 Å². The fraction of sp³-hybridized carbons (Fsp3) is 0.0625. The molecule has 22 heavy (non-hydrogen) atoms. The van der Waals surface area contributed by atoms with E-state index < -0.39 is 0 Å². The fourth-order valence-corrected chi connectivity index (χ4v) is 3.07. The number of rotatable bonds is 2. The van der Waals surface area contributed by atoms with E-state index in [0.29, 0.717) is 21.1 Å². The van der Waals surface area contributed by atoms with Crippen LogP contribution < -0.4 is 10.1 Å². The van der Waals surface area contributed by atoms with Crippen molar-refractivity contribution in [1.29, 1.82) is 0 Å². The summed E-state index contributed by atoms with van der Waals surface area (Å²) in [6.45, 7) is 2.03. The monoisotopic (exact) mass is 309 g/mol. The molecule has 0 aliphatic heterocycles. The van der Waals surface area contributed by atoms with Crippen molar-refractivity contribution in [3.8, 4) is 11.6 Å². The molecule has 0 N–H and O–H groups in total. The van der Waals surface area contributed by atoms with Gasteiger partial charge >= 0.3 is 0 Å². The summed E-state index contributed by atoms with van der Waals surface area (Å²) in [6.07, 6.45) is 3.41. The van der Waals surface area contributed by atoms with E-state index in [4.69, 9.17) is 4.42 Å². The summed E-state index contributed by atoms with van der Waals surface area (Å²) in [4.78, 5) is 17.3. The summed E-state index contributed by atoms with van der Waals surface area (Å²) in [5.41, 5.74) is 2.01. The largest absolute Gasteiger partial charge is 0.461 e. The number of hydrogen-bond acceptors (Lipinski definition) is 5. The molecule has 0 saturated heterocycles. The Bertz CT molecular complexity index is 1040. The standard InChI is InChI=1S/C16H11N3O2S/c1-10-4-6-11(7-5-10)9-13-15(20)19-16(22-13)17-14(18-19)12-3-2-8-21-12/h2-9H,1H3. The van der Waals surface area contributed by atoms with Gasteiger partial charge in [-0.3, -0.25) is 4.79 Å². The first-order valence-electron chi connectivity index (χ1n) is 6.72. The molecule has 0 aliphatic carbocycles. The first kappa shape index (κ1) is 13.0. The highest BCUT2D eigenvalue weighted by atomic mass is 32.1. The maximum atomic E-state index is 12.4. The topological polar surface area (TPSA) is 60.4 Å². The van der Waals surface area contributed by atoms with Gasteiger partial charge in [0.25, 0.3) is 5.56 Å². The van der Waals surface area contributed by atoms with Crippen molar-refractivity contribution in [3.63, 3.8) is 0 Å². The smallest absolute Gasteiger partial charge is 0.291 e. The predicted octanol–water partition coefficient (Wildman–Crippen LogP) is 2.27. The van der Waals surface area contributed by atoms with E-state index in [1.165, 1.54) is 21.4 Å². The van der Waals surface area contributed by atoms with Gasteiger partial charge in [-0.25, -0.2) is 0 Å². The van der Waals surface area contributed by atoms with Crippen molar-refractivity contribution in [3.05, 3.63) is 68.7 Å². The molecule has 5 nitrogen and oxygen atoms in total. The Kier molecular flexibility index (Phi) is 2.90. The lowest BCUT2D eigenvalue weighted by Gasteiger charge is -1.92. The van der Waals surface area contributed by atoms with Crippen LogP contribution in [0.5, 0.6) is 0 Å². The molecule has 0 aliphatic rings. The Morgan fingerprint density at radius 2 is 2.05 bits per heavy atom. The molecule has 4 rings (SSSR count). The van der Waals surface area contributed by atoms with Crippen LogP contribution in [0.15, 0.2) is 51.9 Å². The first-order valence-corrected chi connectivity index (χ1v) is 7.54. The third-order valence-electron chi connectivity index (χ3n) is 3.30. The zero-order chi connectivity index (χ0) is 15.1. The highest BCUT2D eigenvalue weighted by Crippen LogP contribution is 2.16. The number of nitrogens with zero attached hydrogens (tertiary/aromatic N) is 3. The maximum Gasteiger partial charge on any atom is 0.291 e. The van der Waals surface area contributed by atoms with Crippen molar-refractivity contribution < 1.29 is 4.42 Å². The second-order valence-electron chi connectivity index (χ2n) is 4.93. The molecule has 3 aromatic heterocycles.